The minimum atomic E-state index is 0.221. The van der Waals surface area contributed by atoms with Crippen LogP contribution >= 0.6 is 0 Å². The van der Waals surface area contributed by atoms with Gasteiger partial charge >= 0.3 is 0 Å². The standard InChI is InChI=1S/C13H28N2/c1-5-9-15(10-6-2)13(4,11-14)12(3)7-8-12/h5-11,14H2,1-4H3. The van der Waals surface area contributed by atoms with Crippen LogP contribution in [0.15, 0.2) is 0 Å². The van der Waals surface area contributed by atoms with Crippen molar-refractivity contribution in [2.75, 3.05) is 19.6 Å². The fourth-order valence-corrected chi connectivity index (χ4v) is 2.63. The third kappa shape index (κ3) is 2.36. The van der Waals surface area contributed by atoms with Gasteiger partial charge in [-0.1, -0.05) is 20.8 Å². The van der Waals surface area contributed by atoms with Crippen LogP contribution in [-0.4, -0.2) is 30.1 Å². The van der Waals surface area contributed by atoms with E-state index >= 15 is 0 Å². The lowest BCUT2D eigenvalue weighted by molar-refractivity contribution is 0.0473. The number of nitrogens with two attached hydrogens (primary N) is 1. The molecule has 0 amide bonds. The Morgan fingerprint density at radius 2 is 1.67 bits per heavy atom. The minimum Gasteiger partial charge on any atom is -0.329 e. The van der Waals surface area contributed by atoms with E-state index in [0.717, 1.165) is 6.54 Å². The Bertz CT molecular complexity index is 193. The summed E-state index contributed by atoms with van der Waals surface area (Å²) in [4.78, 5) is 2.62. The van der Waals surface area contributed by atoms with Gasteiger partial charge in [0.15, 0.2) is 0 Å². The number of nitrogens with zero attached hydrogens (tertiary/aromatic N) is 1. The molecule has 0 aromatic carbocycles. The minimum absolute atomic E-state index is 0.221. The van der Waals surface area contributed by atoms with E-state index in [1.165, 1.54) is 38.8 Å². The Hall–Kier alpha value is -0.0800. The highest BCUT2D eigenvalue weighted by atomic mass is 15.2. The molecule has 15 heavy (non-hydrogen) atoms. The molecule has 2 N–H and O–H groups in total. The van der Waals surface area contributed by atoms with E-state index in [1.807, 2.05) is 0 Å². The molecule has 1 rings (SSSR count). The van der Waals surface area contributed by atoms with Crippen molar-refractivity contribution < 1.29 is 0 Å². The SMILES string of the molecule is CCCN(CCC)C(C)(CN)C1(C)CC1. The van der Waals surface area contributed by atoms with E-state index < -0.39 is 0 Å². The molecule has 1 fully saturated rings. The average molecular weight is 212 g/mol. The van der Waals surface area contributed by atoms with Gasteiger partial charge in [-0.15, -0.1) is 0 Å². The topological polar surface area (TPSA) is 29.3 Å². The fraction of sp³-hybridized carbons (Fsp3) is 1.00. The summed E-state index contributed by atoms with van der Waals surface area (Å²) >= 11 is 0. The molecule has 90 valence electrons. The van der Waals surface area contributed by atoms with Crippen LogP contribution in [0, 0.1) is 5.41 Å². The van der Waals surface area contributed by atoms with E-state index in [1.54, 1.807) is 0 Å². The van der Waals surface area contributed by atoms with Crippen molar-refractivity contribution >= 4 is 0 Å². The molecule has 2 nitrogen and oxygen atoms in total. The fourth-order valence-electron chi connectivity index (χ4n) is 2.63. The summed E-state index contributed by atoms with van der Waals surface area (Å²) in [7, 11) is 0. The van der Waals surface area contributed by atoms with Gasteiger partial charge in [0, 0.05) is 12.1 Å². The highest BCUT2D eigenvalue weighted by molar-refractivity contribution is 5.09. The predicted molar refractivity (Wildman–Crippen MR) is 67.0 cm³/mol. The Morgan fingerprint density at radius 3 is 1.93 bits per heavy atom. The maximum absolute atomic E-state index is 6.05. The third-order valence-corrected chi connectivity index (χ3v) is 4.38. The number of rotatable bonds is 7. The van der Waals surface area contributed by atoms with Crippen molar-refractivity contribution in [1.82, 2.24) is 4.90 Å². The lowest BCUT2D eigenvalue weighted by Gasteiger charge is -2.45. The van der Waals surface area contributed by atoms with Crippen LogP contribution in [-0.2, 0) is 0 Å². The van der Waals surface area contributed by atoms with Gasteiger partial charge in [0.1, 0.15) is 0 Å². The molecule has 1 atom stereocenters. The normalized spacial score (nSPS) is 22.8. The first kappa shape index (κ1) is 13.0. The van der Waals surface area contributed by atoms with Gasteiger partial charge in [-0.25, -0.2) is 0 Å². The van der Waals surface area contributed by atoms with Crippen molar-refractivity contribution in [3.8, 4) is 0 Å². The van der Waals surface area contributed by atoms with Gasteiger partial charge in [0.05, 0.1) is 0 Å². The highest BCUT2D eigenvalue weighted by Gasteiger charge is 2.54. The van der Waals surface area contributed by atoms with Crippen LogP contribution in [0.25, 0.3) is 0 Å². The van der Waals surface area contributed by atoms with Crippen LogP contribution in [0.4, 0.5) is 0 Å². The van der Waals surface area contributed by atoms with Crippen molar-refractivity contribution in [2.24, 2.45) is 11.1 Å². The molecule has 1 saturated carbocycles. The molecule has 1 aliphatic carbocycles. The molecule has 0 radical (unpaired) electrons. The van der Waals surface area contributed by atoms with Crippen molar-refractivity contribution in [3.63, 3.8) is 0 Å². The van der Waals surface area contributed by atoms with Crippen LogP contribution in [0.3, 0.4) is 0 Å². The Kier molecular flexibility index (Phi) is 4.19. The van der Waals surface area contributed by atoms with E-state index in [9.17, 15) is 0 Å². The summed E-state index contributed by atoms with van der Waals surface area (Å²) in [5.41, 5.74) is 6.75. The molecule has 1 aliphatic rings. The predicted octanol–water partition coefficient (Wildman–Crippen LogP) is 2.63. The molecule has 1 unspecified atom stereocenters. The van der Waals surface area contributed by atoms with Crippen LogP contribution in [0.2, 0.25) is 0 Å². The van der Waals surface area contributed by atoms with E-state index in [-0.39, 0.29) is 5.54 Å². The number of hydrogen-bond acceptors (Lipinski definition) is 2. The van der Waals surface area contributed by atoms with Crippen LogP contribution in [0.5, 0.6) is 0 Å². The summed E-state index contributed by atoms with van der Waals surface area (Å²) in [5.74, 6) is 0. The molecule has 0 saturated heterocycles. The molecule has 0 aromatic heterocycles. The summed E-state index contributed by atoms with van der Waals surface area (Å²) in [6.07, 6.45) is 5.16. The zero-order valence-electron chi connectivity index (χ0n) is 11.0. The van der Waals surface area contributed by atoms with Gasteiger partial charge in [-0.05, 0) is 51.1 Å². The van der Waals surface area contributed by atoms with Crippen molar-refractivity contribution in [2.45, 2.75) is 58.9 Å². The largest absolute Gasteiger partial charge is 0.329 e. The molecular formula is C13H28N2. The average Bonchev–Trinajstić information content (AvgIpc) is 2.96. The van der Waals surface area contributed by atoms with E-state index in [2.05, 4.69) is 32.6 Å². The van der Waals surface area contributed by atoms with Gasteiger partial charge in [0.2, 0.25) is 0 Å². The zero-order valence-corrected chi connectivity index (χ0v) is 11.0. The summed E-state index contributed by atoms with van der Waals surface area (Å²) < 4.78 is 0. The van der Waals surface area contributed by atoms with Gasteiger partial charge in [-0.2, -0.15) is 0 Å². The maximum Gasteiger partial charge on any atom is 0.0357 e. The molecule has 0 bridgehead atoms. The van der Waals surface area contributed by atoms with Crippen LogP contribution < -0.4 is 5.73 Å². The molecule has 0 aliphatic heterocycles. The van der Waals surface area contributed by atoms with E-state index in [0.29, 0.717) is 5.41 Å². The van der Waals surface area contributed by atoms with Gasteiger partial charge in [-0.3, -0.25) is 4.90 Å². The second-order valence-corrected chi connectivity index (χ2v) is 5.53. The summed E-state index contributed by atoms with van der Waals surface area (Å²) in [6.45, 7) is 12.5. The first-order valence-corrected chi connectivity index (χ1v) is 6.49. The maximum atomic E-state index is 6.05. The van der Waals surface area contributed by atoms with Crippen molar-refractivity contribution in [3.05, 3.63) is 0 Å². The van der Waals surface area contributed by atoms with Gasteiger partial charge in [0.25, 0.3) is 0 Å². The quantitative estimate of drug-likeness (QED) is 0.703. The van der Waals surface area contributed by atoms with E-state index in [4.69, 9.17) is 5.73 Å². The Labute approximate surface area is 95.2 Å². The monoisotopic (exact) mass is 212 g/mol. The zero-order chi connectivity index (χ0) is 11.5. The smallest absolute Gasteiger partial charge is 0.0357 e. The third-order valence-electron chi connectivity index (χ3n) is 4.38. The molecule has 2 heteroatoms. The highest BCUT2D eigenvalue weighted by Crippen LogP contribution is 2.55. The lowest BCUT2D eigenvalue weighted by Crippen LogP contribution is -2.57. The number of hydrogen-bond donors (Lipinski definition) is 1. The summed E-state index contributed by atoms with van der Waals surface area (Å²) in [5, 5.41) is 0. The van der Waals surface area contributed by atoms with Crippen LogP contribution in [0.1, 0.15) is 53.4 Å². The molecule has 0 spiro atoms. The Morgan fingerprint density at radius 1 is 1.20 bits per heavy atom. The second kappa shape index (κ2) is 4.84. The first-order chi connectivity index (χ1) is 7.04. The first-order valence-electron chi connectivity index (χ1n) is 6.49. The summed E-state index contributed by atoms with van der Waals surface area (Å²) in [6, 6.07) is 0. The van der Waals surface area contributed by atoms with Crippen molar-refractivity contribution in [1.29, 1.82) is 0 Å². The Balaban J connectivity index is 2.75. The molecule has 0 heterocycles. The molecule has 0 aromatic rings. The van der Waals surface area contributed by atoms with Gasteiger partial charge < -0.3 is 5.73 Å². The lowest BCUT2D eigenvalue weighted by atomic mass is 9.81. The molecular weight excluding hydrogens is 184 g/mol. The second-order valence-electron chi connectivity index (χ2n) is 5.53.